The summed E-state index contributed by atoms with van der Waals surface area (Å²) < 4.78 is 31.1. The number of benzene rings is 2. The highest BCUT2D eigenvalue weighted by Crippen LogP contribution is 2.30. The summed E-state index contributed by atoms with van der Waals surface area (Å²) in [5, 5.41) is 2.61. The number of nitrogens with one attached hydrogen (secondary N) is 2. The predicted molar refractivity (Wildman–Crippen MR) is 120 cm³/mol. The average molecular weight is 485 g/mol. The number of pyridine rings is 1. The number of nitrogens with zero attached hydrogens (tertiary/aromatic N) is 2. The summed E-state index contributed by atoms with van der Waals surface area (Å²) in [6.45, 7) is 1.39. The van der Waals surface area contributed by atoms with Gasteiger partial charge in [-0.2, -0.15) is 0 Å². The number of anilines is 2. The van der Waals surface area contributed by atoms with Crippen LogP contribution in [0.15, 0.2) is 82.6 Å². The first-order valence-electron chi connectivity index (χ1n) is 8.96. The largest absolute Gasteiger partial charge is 0.326 e. The number of aromatic nitrogens is 2. The highest BCUT2D eigenvalue weighted by Gasteiger charge is 2.18. The van der Waals surface area contributed by atoms with Gasteiger partial charge >= 0.3 is 0 Å². The molecule has 2 aromatic heterocycles. The molecule has 4 rings (SSSR count). The molecule has 0 bridgehead atoms. The molecule has 0 unspecified atom stereocenters. The molecule has 0 aliphatic carbocycles. The maximum absolute atomic E-state index is 13.0. The maximum Gasteiger partial charge on any atom is 0.262 e. The van der Waals surface area contributed by atoms with Crippen LogP contribution in [0.1, 0.15) is 6.92 Å². The second-order valence-corrected chi connectivity index (χ2v) is 9.09. The van der Waals surface area contributed by atoms with Crippen LogP contribution in [0.3, 0.4) is 0 Å². The van der Waals surface area contributed by atoms with Gasteiger partial charge in [0.25, 0.3) is 10.0 Å². The summed E-state index contributed by atoms with van der Waals surface area (Å²) in [6, 6.07) is 17.4. The quantitative estimate of drug-likeness (QED) is 0.435. The molecule has 0 fully saturated rings. The number of hydrogen-bond acceptors (Lipinski definition) is 4. The van der Waals surface area contributed by atoms with Gasteiger partial charge in [-0.25, -0.2) is 13.4 Å². The van der Waals surface area contributed by atoms with Gasteiger partial charge < -0.3 is 5.32 Å². The molecule has 152 valence electrons. The van der Waals surface area contributed by atoms with E-state index in [1.54, 1.807) is 16.7 Å². The zero-order valence-electron chi connectivity index (χ0n) is 15.8. The molecule has 2 N–H and O–H groups in total. The zero-order chi connectivity index (χ0) is 21.3. The van der Waals surface area contributed by atoms with Crippen molar-refractivity contribution in [2.24, 2.45) is 0 Å². The summed E-state index contributed by atoms with van der Waals surface area (Å²) >= 11 is 3.45. The van der Waals surface area contributed by atoms with E-state index in [0.29, 0.717) is 21.6 Å². The minimum absolute atomic E-state index is 0.0745. The Bertz CT molecular complexity index is 1330. The Morgan fingerprint density at radius 2 is 1.73 bits per heavy atom. The van der Waals surface area contributed by atoms with E-state index in [2.05, 4.69) is 31.0 Å². The number of carbonyl (C=O) groups excluding carboxylic acids is 1. The van der Waals surface area contributed by atoms with Crippen molar-refractivity contribution >= 4 is 48.9 Å². The number of amides is 1. The van der Waals surface area contributed by atoms with Crippen LogP contribution >= 0.6 is 15.9 Å². The van der Waals surface area contributed by atoms with Gasteiger partial charge in [-0.15, -0.1) is 0 Å². The van der Waals surface area contributed by atoms with Crippen molar-refractivity contribution in [1.29, 1.82) is 0 Å². The van der Waals surface area contributed by atoms with E-state index in [1.165, 1.54) is 31.2 Å². The molecule has 0 radical (unpaired) electrons. The summed E-state index contributed by atoms with van der Waals surface area (Å²) in [5.41, 5.74) is 3.13. The van der Waals surface area contributed by atoms with E-state index in [9.17, 15) is 13.2 Å². The van der Waals surface area contributed by atoms with Crippen molar-refractivity contribution in [2.75, 3.05) is 10.0 Å². The average Bonchev–Trinajstić information content (AvgIpc) is 3.09. The van der Waals surface area contributed by atoms with Crippen molar-refractivity contribution in [3.63, 3.8) is 0 Å². The van der Waals surface area contributed by atoms with Gasteiger partial charge in [-0.1, -0.05) is 30.3 Å². The molecule has 0 aliphatic heterocycles. The highest BCUT2D eigenvalue weighted by molar-refractivity contribution is 9.10. The Kier molecular flexibility index (Phi) is 5.31. The summed E-state index contributed by atoms with van der Waals surface area (Å²) in [4.78, 5) is 15.6. The molecule has 7 nitrogen and oxygen atoms in total. The highest BCUT2D eigenvalue weighted by atomic mass is 79.9. The van der Waals surface area contributed by atoms with Gasteiger partial charge in [0.05, 0.1) is 16.8 Å². The minimum atomic E-state index is -3.87. The van der Waals surface area contributed by atoms with E-state index in [1.807, 2.05) is 36.5 Å². The first-order chi connectivity index (χ1) is 14.3. The SMILES string of the molecule is CC(=O)Nc1ccc(S(=O)(=O)Nc2cc(-c3ccccc3)cn3c(Br)cnc23)cc1. The van der Waals surface area contributed by atoms with E-state index in [0.717, 1.165) is 11.1 Å². The molecule has 0 atom stereocenters. The lowest BCUT2D eigenvalue weighted by atomic mass is 10.1. The van der Waals surface area contributed by atoms with Crippen molar-refractivity contribution in [3.8, 4) is 11.1 Å². The predicted octanol–water partition coefficient (Wildman–Crippen LogP) is 4.52. The van der Waals surface area contributed by atoms with Crippen LogP contribution < -0.4 is 10.0 Å². The molecular formula is C21H17BrN4O3S. The number of fused-ring (bicyclic) bond motifs is 1. The standard InChI is InChI=1S/C21H17BrN4O3S/c1-14(27)24-17-7-9-18(10-8-17)30(28,29)25-19-11-16(15-5-3-2-4-6-15)13-26-20(22)12-23-21(19)26/h2-13,25H,1H3,(H,24,27). The number of halogens is 1. The van der Waals surface area contributed by atoms with Crippen LogP contribution in [0.25, 0.3) is 16.8 Å². The number of imidazole rings is 1. The van der Waals surface area contributed by atoms with Crippen LogP contribution in [0, 0.1) is 0 Å². The number of hydrogen-bond donors (Lipinski definition) is 2. The Labute approximate surface area is 182 Å². The Hall–Kier alpha value is -3.17. The molecule has 0 aliphatic rings. The molecule has 9 heteroatoms. The summed E-state index contributed by atoms with van der Waals surface area (Å²) in [6.07, 6.45) is 3.51. The smallest absolute Gasteiger partial charge is 0.262 e. The minimum Gasteiger partial charge on any atom is -0.326 e. The fourth-order valence-electron chi connectivity index (χ4n) is 3.05. The van der Waals surface area contributed by atoms with E-state index < -0.39 is 10.0 Å². The fraction of sp³-hybridized carbons (Fsp3) is 0.0476. The lowest BCUT2D eigenvalue weighted by Gasteiger charge is -2.12. The first kappa shape index (κ1) is 20.1. The number of carbonyl (C=O) groups is 1. The summed E-state index contributed by atoms with van der Waals surface area (Å²) in [5.74, 6) is -0.228. The topological polar surface area (TPSA) is 92.6 Å². The van der Waals surface area contributed by atoms with Crippen LogP contribution in [-0.2, 0) is 14.8 Å². The normalized spacial score (nSPS) is 11.4. The lowest BCUT2D eigenvalue weighted by Crippen LogP contribution is -2.14. The lowest BCUT2D eigenvalue weighted by molar-refractivity contribution is -0.114. The van der Waals surface area contributed by atoms with Gasteiger partial charge in [-0.3, -0.25) is 13.9 Å². The third kappa shape index (κ3) is 4.07. The molecule has 0 spiro atoms. The third-order valence-electron chi connectivity index (χ3n) is 4.40. The maximum atomic E-state index is 13.0. The van der Waals surface area contributed by atoms with Crippen molar-refractivity contribution in [2.45, 2.75) is 11.8 Å². The van der Waals surface area contributed by atoms with Gasteiger partial charge in [0.15, 0.2) is 5.65 Å². The Morgan fingerprint density at radius 1 is 1.03 bits per heavy atom. The van der Waals surface area contributed by atoms with Crippen LogP contribution in [0.2, 0.25) is 0 Å². The molecule has 2 aromatic carbocycles. The first-order valence-corrected chi connectivity index (χ1v) is 11.2. The van der Waals surface area contributed by atoms with E-state index in [-0.39, 0.29) is 10.8 Å². The van der Waals surface area contributed by atoms with Gasteiger partial charge in [0.1, 0.15) is 4.60 Å². The van der Waals surface area contributed by atoms with Crippen LogP contribution in [-0.4, -0.2) is 23.7 Å². The van der Waals surface area contributed by atoms with Crippen molar-refractivity contribution in [3.05, 3.63) is 77.7 Å². The number of rotatable bonds is 5. The molecule has 1 amide bonds. The second-order valence-electron chi connectivity index (χ2n) is 6.59. The molecular weight excluding hydrogens is 468 g/mol. The van der Waals surface area contributed by atoms with Gasteiger partial charge in [0, 0.05) is 24.4 Å². The summed E-state index contributed by atoms with van der Waals surface area (Å²) in [7, 11) is -3.87. The molecule has 4 aromatic rings. The Balaban J connectivity index is 1.74. The fourth-order valence-corrected chi connectivity index (χ4v) is 4.47. The number of sulfonamides is 1. The zero-order valence-corrected chi connectivity index (χ0v) is 18.2. The molecule has 2 heterocycles. The van der Waals surface area contributed by atoms with Crippen LogP contribution in [0.5, 0.6) is 0 Å². The van der Waals surface area contributed by atoms with Crippen molar-refractivity contribution < 1.29 is 13.2 Å². The van der Waals surface area contributed by atoms with Gasteiger partial charge in [-0.05, 0) is 51.8 Å². The third-order valence-corrected chi connectivity index (χ3v) is 6.37. The van der Waals surface area contributed by atoms with E-state index >= 15 is 0 Å². The van der Waals surface area contributed by atoms with Crippen LogP contribution in [0.4, 0.5) is 11.4 Å². The van der Waals surface area contributed by atoms with Crippen molar-refractivity contribution in [1.82, 2.24) is 9.38 Å². The molecule has 0 saturated heterocycles. The molecule has 0 saturated carbocycles. The Morgan fingerprint density at radius 3 is 2.40 bits per heavy atom. The monoisotopic (exact) mass is 484 g/mol. The second kappa shape index (κ2) is 7.92. The van der Waals surface area contributed by atoms with E-state index in [4.69, 9.17) is 0 Å². The van der Waals surface area contributed by atoms with Gasteiger partial charge in [0.2, 0.25) is 5.91 Å². The molecule has 30 heavy (non-hydrogen) atoms.